The first kappa shape index (κ1) is 12.8. The lowest BCUT2D eigenvalue weighted by Crippen LogP contribution is -2.29. The zero-order valence-electron chi connectivity index (χ0n) is 10.6. The van der Waals surface area contributed by atoms with Gasteiger partial charge in [0.1, 0.15) is 0 Å². The smallest absolute Gasteiger partial charge is 0.339 e. The Kier molecular flexibility index (Phi) is 4.47. The van der Waals surface area contributed by atoms with Gasteiger partial charge in [-0.3, -0.25) is 4.98 Å². The van der Waals surface area contributed by atoms with Crippen LogP contribution >= 0.6 is 0 Å². The third-order valence-corrected chi connectivity index (χ3v) is 3.09. The van der Waals surface area contributed by atoms with Crippen molar-refractivity contribution >= 4 is 5.97 Å². The number of esters is 1. The van der Waals surface area contributed by atoms with Gasteiger partial charge in [0.05, 0.1) is 18.4 Å². The molecular formula is C14H18N2O2. The number of nitrogens with one attached hydrogen (secondary N) is 1. The summed E-state index contributed by atoms with van der Waals surface area (Å²) in [5.74, 6) is -0.348. The Labute approximate surface area is 107 Å². The fourth-order valence-electron chi connectivity index (χ4n) is 2.00. The van der Waals surface area contributed by atoms with Gasteiger partial charge in [-0.1, -0.05) is 12.2 Å². The fourth-order valence-corrected chi connectivity index (χ4v) is 2.00. The Balaban J connectivity index is 1.86. The lowest BCUT2D eigenvalue weighted by atomic mass is 10.0. The summed E-state index contributed by atoms with van der Waals surface area (Å²) in [6.45, 7) is 0.736. The van der Waals surface area contributed by atoms with Crippen LogP contribution in [0.1, 0.15) is 35.3 Å². The van der Waals surface area contributed by atoms with Gasteiger partial charge in [0, 0.05) is 18.8 Å². The lowest BCUT2D eigenvalue weighted by Gasteiger charge is -2.19. The number of allylic oxidation sites excluding steroid dienone is 1. The number of hydrogen-bond donors (Lipinski definition) is 1. The zero-order valence-corrected chi connectivity index (χ0v) is 10.6. The van der Waals surface area contributed by atoms with Crippen LogP contribution in [0.15, 0.2) is 30.5 Å². The van der Waals surface area contributed by atoms with Crippen LogP contribution < -0.4 is 5.32 Å². The molecule has 0 aromatic carbocycles. The predicted octanol–water partition coefficient (Wildman–Crippen LogP) is 2.07. The monoisotopic (exact) mass is 246 g/mol. The van der Waals surface area contributed by atoms with E-state index in [1.807, 2.05) is 6.07 Å². The standard InChI is InChI=1S/C14H18N2O2/c1-18-14(17)11-7-8-13(15-9-11)10-16-12-5-3-2-4-6-12/h2-3,7-9,12,16H,4-6,10H2,1H3. The second-order valence-corrected chi connectivity index (χ2v) is 4.39. The summed E-state index contributed by atoms with van der Waals surface area (Å²) in [6.07, 6.45) is 9.41. The molecule has 1 unspecified atom stereocenters. The number of methoxy groups -OCH3 is 1. The molecule has 0 bridgehead atoms. The Morgan fingerprint density at radius 3 is 3.00 bits per heavy atom. The maximum Gasteiger partial charge on any atom is 0.339 e. The number of carbonyl (C=O) groups excluding carboxylic acids is 1. The van der Waals surface area contributed by atoms with Gasteiger partial charge in [0.2, 0.25) is 0 Å². The highest BCUT2D eigenvalue weighted by Gasteiger charge is 2.09. The van der Waals surface area contributed by atoms with E-state index in [0.29, 0.717) is 11.6 Å². The molecule has 2 rings (SSSR count). The summed E-state index contributed by atoms with van der Waals surface area (Å²) in [5.41, 5.74) is 1.43. The molecule has 1 aliphatic carbocycles. The van der Waals surface area contributed by atoms with Gasteiger partial charge in [-0.25, -0.2) is 4.79 Å². The highest BCUT2D eigenvalue weighted by molar-refractivity contribution is 5.88. The molecule has 0 aliphatic heterocycles. The third-order valence-electron chi connectivity index (χ3n) is 3.09. The van der Waals surface area contributed by atoms with Crippen LogP contribution in [0.3, 0.4) is 0 Å². The van der Waals surface area contributed by atoms with Gasteiger partial charge in [-0.2, -0.15) is 0 Å². The minimum absolute atomic E-state index is 0.348. The largest absolute Gasteiger partial charge is 0.465 e. The molecule has 1 N–H and O–H groups in total. The summed E-state index contributed by atoms with van der Waals surface area (Å²) < 4.78 is 4.63. The molecule has 0 spiro atoms. The summed E-state index contributed by atoms with van der Waals surface area (Å²) >= 11 is 0. The van der Waals surface area contributed by atoms with Gasteiger partial charge in [0.25, 0.3) is 0 Å². The molecule has 1 aliphatic rings. The molecular weight excluding hydrogens is 228 g/mol. The second kappa shape index (κ2) is 6.31. The molecule has 1 heterocycles. The summed E-state index contributed by atoms with van der Waals surface area (Å²) in [7, 11) is 1.37. The zero-order chi connectivity index (χ0) is 12.8. The maximum atomic E-state index is 11.2. The van der Waals surface area contributed by atoms with Crippen LogP contribution in [0.4, 0.5) is 0 Å². The van der Waals surface area contributed by atoms with E-state index in [2.05, 4.69) is 27.2 Å². The van der Waals surface area contributed by atoms with Crippen molar-refractivity contribution < 1.29 is 9.53 Å². The maximum absolute atomic E-state index is 11.2. The number of aromatic nitrogens is 1. The molecule has 0 saturated carbocycles. The van der Waals surface area contributed by atoms with Crippen molar-refractivity contribution in [2.45, 2.75) is 31.8 Å². The van der Waals surface area contributed by atoms with Crippen LogP contribution in [-0.4, -0.2) is 24.1 Å². The quantitative estimate of drug-likeness (QED) is 0.652. The topological polar surface area (TPSA) is 51.2 Å². The van der Waals surface area contributed by atoms with Crippen LogP contribution in [0, 0.1) is 0 Å². The summed E-state index contributed by atoms with van der Waals surface area (Å²) in [6, 6.07) is 4.14. The van der Waals surface area contributed by atoms with E-state index in [0.717, 1.165) is 25.1 Å². The van der Waals surface area contributed by atoms with Crippen LogP contribution in [0.25, 0.3) is 0 Å². The number of ether oxygens (including phenoxy) is 1. The van der Waals surface area contributed by atoms with E-state index < -0.39 is 0 Å². The van der Waals surface area contributed by atoms with Crippen molar-refractivity contribution in [3.05, 3.63) is 41.7 Å². The van der Waals surface area contributed by atoms with Crippen molar-refractivity contribution in [3.8, 4) is 0 Å². The minimum Gasteiger partial charge on any atom is -0.465 e. The highest BCUT2D eigenvalue weighted by atomic mass is 16.5. The predicted molar refractivity (Wildman–Crippen MR) is 69.2 cm³/mol. The van der Waals surface area contributed by atoms with E-state index in [4.69, 9.17) is 0 Å². The van der Waals surface area contributed by atoms with Crippen LogP contribution in [0.5, 0.6) is 0 Å². The summed E-state index contributed by atoms with van der Waals surface area (Å²) in [5, 5.41) is 3.47. The average molecular weight is 246 g/mol. The number of rotatable bonds is 4. The number of carbonyl (C=O) groups is 1. The van der Waals surface area contributed by atoms with Crippen molar-refractivity contribution in [3.63, 3.8) is 0 Å². The molecule has 0 saturated heterocycles. The Bertz CT molecular complexity index is 426. The Morgan fingerprint density at radius 2 is 2.39 bits per heavy atom. The van der Waals surface area contributed by atoms with Crippen molar-refractivity contribution in [2.75, 3.05) is 7.11 Å². The SMILES string of the molecule is COC(=O)c1ccc(CNC2CC=CCC2)nc1. The molecule has 1 atom stereocenters. The first-order chi connectivity index (χ1) is 8.79. The van der Waals surface area contributed by atoms with Gasteiger partial charge in [-0.05, 0) is 31.4 Å². The van der Waals surface area contributed by atoms with Gasteiger partial charge < -0.3 is 10.1 Å². The van der Waals surface area contributed by atoms with Crippen LogP contribution in [0.2, 0.25) is 0 Å². The van der Waals surface area contributed by atoms with E-state index >= 15 is 0 Å². The van der Waals surface area contributed by atoms with Gasteiger partial charge >= 0.3 is 5.97 Å². The van der Waals surface area contributed by atoms with Crippen molar-refractivity contribution in [2.24, 2.45) is 0 Å². The fraction of sp³-hybridized carbons (Fsp3) is 0.429. The number of hydrogen-bond acceptors (Lipinski definition) is 4. The Morgan fingerprint density at radius 1 is 1.50 bits per heavy atom. The third kappa shape index (κ3) is 3.40. The summed E-state index contributed by atoms with van der Waals surface area (Å²) in [4.78, 5) is 15.5. The van der Waals surface area contributed by atoms with E-state index in [1.165, 1.54) is 13.5 Å². The molecule has 0 fully saturated rings. The van der Waals surface area contributed by atoms with Crippen molar-refractivity contribution in [1.82, 2.24) is 10.3 Å². The first-order valence-electron chi connectivity index (χ1n) is 6.21. The minimum atomic E-state index is -0.348. The van der Waals surface area contributed by atoms with Gasteiger partial charge in [0.15, 0.2) is 0 Å². The molecule has 96 valence electrons. The van der Waals surface area contributed by atoms with E-state index in [-0.39, 0.29) is 5.97 Å². The van der Waals surface area contributed by atoms with E-state index in [9.17, 15) is 4.79 Å². The molecule has 18 heavy (non-hydrogen) atoms. The first-order valence-corrected chi connectivity index (χ1v) is 6.21. The number of pyridine rings is 1. The van der Waals surface area contributed by atoms with Crippen LogP contribution in [-0.2, 0) is 11.3 Å². The Hall–Kier alpha value is -1.68. The number of nitrogens with zero attached hydrogens (tertiary/aromatic N) is 1. The highest BCUT2D eigenvalue weighted by Crippen LogP contribution is 2.11. The van der Waals surface area contributed by atoms with Crippen molar-refractivity contribution in [1.29, 1.82) is 0 Å². The molecule has 0 radical (unpaired) electrons. The normalized spacial score (nSPS) is 18.6. The molecule has 1 aromatic rings. The average Bonchev–Trinajstić information content (AvgIpc) is 2.46. The molecule has 4 heteroatoms. The van der Waals surface area contributed by atoms with E-state index in [1.54, 1.807) is 12.3 Å². The molecule has 4 nitrogen and oxygen atoms in total. The second-order valence-electron chi connectivity index (χ2n) is 4.39. The molecule has 1 aromatic heterocycles. The molecule has 0 amide bonds. The van der Waals surface area contributed by atoms with Gasteiger partial charge in [-0.15, -0.1) is 0 Å². The lowest BCUT2D eigenvalue weighted by molar-refractivity contribution is 0.0600.